The van der Waals surface area contributed by atoms with E-state index in [2.05, 4.69) is 30.2 Å². The Kier molecular flexibility index (Phi) is 5.24. The van der Waals surface area contributed by atoms with Gasteiger partial charge in [0.2, 0.25) is 5.91 Å². The molecule has 0 radical (unpaired) electrons. The van der Waals surface area contributed by atoms with Gasteiger partial charge >= 0.3 is 0 Å². The Hall–Kier alpha value is -2.22. The number of carbonyl (C=O) groups is 1. The second-order valence-corrected chi connectivity index (χ2v) is 7.75. The lowest BCUT2D eigenvalue weighted by Crippen LogP contribution is -2.55. The van der Waals surface area contributed by atoms with Gasteiger partial charge in [-0.2, -0.15) is 5.10 Å². The lowest BCUT2D eigenvalue weighted by molar-refractivity contribution is -0.127. The van der Waals surface area contributed by atoms with Crippen LogP contribution in [0.2, 0.25) is 0 Å². The van der Waals surface area contributed by atoms with Gasteiger partial charge in [-0.3, -0.25) is 14.4 Å². The first-order valence-corrected chi connectivity index (χ1v) is 10.1. The molecule has 146 valence electrons. The minimum atomic E-state index is -0.0853. The Morgan fingerprint density at radius 1 is 1.15 bits per heavy atom. The summed E-state index contributed by atoms with van der Waals surface area (Å²) in [7, 11) is 1.89. The number of amides is 1. The topological polar surface area (TPSA) is 79.2 Å². The summed E-state index contributed by atoms with van der Waals surface area (Å²) >= 11 is 0. The summed E-state index contributed by atoms with van der Waals surface area (Å²) in [5.41, 5.74) is 0.850. The zero-order valence-electron chi connectivity index (χ0n) is 16.3. The van der Waals surface area contributed by atoms with E-state index in [-0.39, 0.29) is 11.9 Å². The van der Waals surface area contributed by atoms with Gasteiger partial charge in [0.25, 0.3) is 0 Å². The molecule has 0 spiro atoms. The van der Waals surface area contributed by atoms with E-state index in [4.69, 9.17) is 0 Å². The van der Waals surface area contributed by atoms with Crippen molar-refractivity contribution in [1.29, 1.82) is 0 Å². The Morgan fingerprint density at radius 3 is 2.63 bits per heavy atom. The molecule has 8 heteroatoms. The van der Waals surface area contributed by atoms with Gasteiger partial charge in [0.15, 0.2) is 5.65 Å². The van der Waals surface area contributed by atoms with Crippen LogP contribution < -0.4 is 10.2 Å². The van der Waals surface area contributed by atoms with Crippen LogP contribution in [0.3, 0.4) is 0 Å². The van der Waals surface area contributed by atoms with Gasteiger partial charge in [0.1, 0.15) is 12.1 Å². The predicted octanol–water partition coefficient (Wildman–Crippen LogP) is 1.32. The third-order valence-corrected chi connectivity index (χ3v) is 6.00. The van der Waals surface area contributed by atoms with Gasteiger partial charge < -0.3 is 10.2 Å². The molecule has 0 aromatic carbocycles. The molecule has 27 heavy (non-hydrogen) atoms. The highest BCUT2D eigenvalue weighted by atomic mass is 16.2. The molecule has 2 aromatic heterocycles. The standard InChI is InChI=1S/C19H29N7O/c1-14(19(27)23-15-6-4-3-5-7-15)25-8-10-26(11-9-25)18-16-12-22-24(2)17(16)20-13-21-18/h12-15H,3-11H2,1-2H3,(H,23,27). The van der Waals surface area contributed by atoms with E-state index in [0.717, 1.165) is 55.9 Å². The minimum absolute atomic E-state index is 0.0853. The highest BCUT2D eigenvalue weighted by Crippen LogP contribution is 2.23. The molecule has 1 aliphatic heterocycles. The fraction of sp³-hybridized carbons (Fsp3) is 0.684. The zero-order chi connectivity index (χ0) is 18.8. The van der Waals surface area contributed by atoms with E-state index in [1.165, 1.54) is 19.3 Å². The number of aromatic nitrogens is 4. The van der Waals surface area contributed by atoms with E-state index < -0.39 is 0 Å². The highest BCUT2D eigenvalue weighted by Gasteiger charge is 2.28. The normalized spacial score (nSPS) is 20.7. The number of fused-ring (bicyclic) bond motifs is 1. The molecule has 1 aliphatic carbocycles. The van der Waals surface area contributed by atoms with Crippen molar-refractivity contribution in [2.24, 2.45) is 7.05 Å². The fourth-order valence-electron chi connectivity index (χ4n) is 4.26. The van der Waals surface area contributed by atoms with Crippen molar-refractivity contribution in [3.05, 3.63) is 12.5 Å². The maximum Gasteiger partial charge on any atom is 0.237 e. The van der Waals surface area contributed by atoms with Crippen LogP contribution in [0.4, 0.5) is 5.82 Å². The molecule has 2 aromatic rings. The van der Waals surface area contributed by atoms with Crippen LogP contribution in [0.1, 0.15) is 39.0 Å². The molecule has 3 heterocycles. The van der Waals surface area contributed by atoms with Crippen molar-refractivity contribution in [2.75, 3.05) is 31.1 Å². The molecular formula is C19H29N7O. The van der Waals surface area contributed by atoms with E-state index in [9.17, 15) is 4.79 Å². The van der Waals surface area contributed by atoms with E-state index in [1.807, 2.05) is 20.2 Å². The quantitative estimate of drug-likeness (QED) is 0.873. The molecule has 1 N–H and O–H groups in total. The maximum absolute atomic E-state index is 12.6. The summed E-state index contributed by atoms with van der Waals surface area (Å²) in [4.78, 5) is 26.0. The number of carbonyl (C=O) groups excluding carboxylic acids is 1. The van der Waals surface area contributed by atoms with Crippen LogP contribution >= 0.6 is 0 Å². The maximum atomic E-state index is 12.6. The summed E-state index contributed by atoms with van der Waals surface area (Å²) in [5.74, 6) is 1.11. The third kappa shape index (κ3) is 3.76. The summed E-state index contributed by atoms with van der Waals surface area (Å²) in [5, 5.41) is 8.54. The van der Waals surface area contributed by atoms with Crippen molar-refractivity contribution in [3.8, 4) is 0 Å². The SMILES string of the molecule is CC(C(=O)NC1CCCCC1)N1CCN(c2ncnc3c2cnn3C)CC1. The van der Waals surface area contributed by atoms with Crippen molar-refractivity contribution in [2.45, 2.75) is 51.1 Å². The third-order valence-electron chi connectivity index (χ3n) is 6.00. The fourth-order valence-corrected chi connectivity index (χ4v) is 4.26. The van der Waals surface area contributed by atoms with Gasteiger partial charge in [-0.1, -0.05) is 19.3 Å². The molecule has 0 bridgehead atoms. The molecule has 1 atom stereocenters. The number of rotatable bonds is 4. The summed E-state index contributed by atoms with van der Waals surface area (Å²) in [6.07, 6.45) is 9.46. The van der Waals surface area contributed by atoms with Crippen molar-refractivity contribution < 1.29 is 4.79 Å². The Morgan fingerprint density at radius 2 is 1.89 bits per heavy atom. The average Bonchev–Trinajstić information content (AvgIpc) is 3.09. The van der Waals surface area contributed by atoms with Gasteiger partial charge in [0, 0.05) is 39.3 Å². The molecular weight excluding hydrogens is 342 g/mol. The van der Waals surface area contributed by atoms with Crippen molar-refractivity contribution >= 4 is 22.8 Å². The largest absolute Gasteiger partial charge is 0.353 e. The van der Waals surface area contributed by atoms with E-state index >= 15 is 0 Å². The summed E-state index contributed by atoms with van der Waals surface area (Å²) < 4.78 is 1.77. The number of anilines is 1. The molecule has 1 saturated carbocycles. The lowest BCUT2D eigenvalue weighted by atomic mass is 9.95. The first-order chi connectivity index (χ1) is 13.1. The Balaban J connectivity index is 1.36. The number of aryl methyl sites for hydroxylation is 1. The van der Waals surface area contributed by atoms with Crippen LogP contribution in [-0.4, -0.2) is 68.8 Å². The smallest absolute Gasteiger partial charge is 0.237 e. The molecule has 2 fully saturated rings. The number of nitrogens with zero attached hydrogens (tertiary/aromatic N) is 6. The van der Waals surface area contributed by atoms with Gasteiger partial charge in [-0.15, -0.1) is 0 Å². The van der Waals surface area contributed by atoms with Gasteiger partial charge in [-0.25, -0.2) is 9.97 Å². The molecule has 1 unspecified atom stereocenters. The van der Waals surface area contributed by atoms with E-state index in [1.54, 1.807) is 11.0 Å². The first kappa shape index (κ1) is 18.2. The second kappa shape index (κ2) is 7.80. The molecule has 4 rings (SSSR count). The van der Waals surface area contributed by atoms with Crippen LogP contribution in [-0.2, 0) is 11.8 Å². The van der Waals surface area contributed by atoms with Crippen LogP contribution in [0.25, 0.3) is 11.0 Å². The van der Waals surface area contributed by atoms with Crippen LogP contribution in [0.5, 0.6) is 0 Å². The van der Waals surface area contributed by atoms with Crippen LogP contribution in [0, 0.1) is 0 Å². The molecule has 1 amide bonds. The first-order valence-electron chi connectivity index (χ1n) is 10.1. The summed E-state index contributed by atoms with van der Waals surface area (Å²) in [6, 6.07) is 0.285. The van der Waals surface area contributed by atoms with Crippen molar-refractivity contribution in [3.63, 3.8) is 0 Å². The molecule has 8 nitrogen and oxygen atoms in total. The second-order valence-electron chi connectivity index (χ2n) is 7.75. The lowest BCUT2D eigenvalue weighted by Gasteiger charge is -2.38. The number of piperazine rings is 1. The number of nitrogens with one attached hydrogen (secondary N) is 1. The van der Waals surface area contributed by atoms with Gasteiger partial charge in [-0.05, 0) is 19.8 Å². The molecule has 1 saturated heterocycles. The van der Waals surface area contributed by atoms with Gasteiger partial charge in [0.05, 0.1) is 17.6 Å². The molecule has 2 aliphatic rings. The van der Waals surface area contributed by atoms with Crippen LogP contribution in [0.15, 0.2) is 12.5 Å². The predicted molar refractivity (Wildman–Crippen MR) is 105 cm³/mol. The zero-order valence-corrected chi connectivity index (χ0v) is 16.3. The minimum Gasteiger partial charge on any atom is -0.353 e. The highest BCUT2D eigenvalue weighted by molar-refractivity contribution is 5.86. The summed E-state index contributed by atoms with van der Waals surface area (Å²) in [6.45, 7) is 5.43. The monoisotopic (exact) mass is 371 g/mol. The Bertz CT molecular complexity index is 790. The number of hydrogen-bond acceptors (Lipinski definition) is 6. The van der Waals surface area contributed by atoms with Crippen molar-refractivity contribution in [1.82, 2.24) is 30.0 Å². The average molecular weight is 371 g/mol. The number of hydrogen-bond donors (Lipinski definition) is 1. The Labute approximate surface area is 159 Å². The van der Waals surface area contributed by atoms with E-state index in [0.29, 0.717) is 6.04 Å².